The van der Waals surface area contributed by atoms with E-state index in [1.807, 2.05) is 6.07 Å². The van der Waals surface area contributed by atoms with Crippen molar-refractivity contribution >= 4 is 17.3 Å². The van der Waals surface area contributed by atoms with Crippen molar-refractivity contribution in [2.45, 2.75) is 32.6 Å². The molecule has 0 radical (unpaired) electrons. The normalized spacial score (nSPS) is 25.4. The molecule has 1 heterocycles. The molecule has 88 valence electrons. The quantitative estimate of drug-likeness (QED) is 0.862. The fourth-order valence-electron chi connectivity index (χ4n) is 2.51. The molecule has 1 fully saturated rings. The molecule has 2 rings (SSSR count). The average Bonchev–Trinajstić information content (AvgIpc) is 2.28. The summed E-state index contributed by atoms with van der Waals surface area (Å²) >= 11 is 6.07. The maximum atomic E-state index is 6.07. The number of aromatic nitrogens is 1. The van der Waals surface area contributed by atoms with Gasteiger partial charge in [-0.3, -0.25) is 4.98 Å². The molecular weight excluding hydrogens is 220 g/mol. The van der Waals surface area contributed by atoms with Gasteiger partial charge in [0.25, 0.3) is 0 Å². The number of halogens is 1. The van der Waals surface area contributed by atoms with E-state index in [9.17, 15) is 0 Å². The Morgan fingerprint density at radius 2 is 2.38 bits per heavy atom. The Balaban J connectivity index is 1.85. The highest BCUT2D eigenvalue weighted by Crippen LogP contribution is 2.29. The van der Waals surface area contributed by atoms with E-state index >= 15 is 0 Å². The standard InChI is InChI=1S/C13H19ClN2/c1-10-3-2-4-11(7-10)8-16-13-9-15-6-5-12(13)14/h5-6,9-11,16H,2-4,7-8H2,1H3. The van der Waals surface area contributed by atoms with Crippen LogP contribution in [0.2, 0.25) is 5.02 Å². The SMILES string of the molecule is CC1CCCC(CNc2cnccc2Cl)C1. The summed E-state index contributed by atoms with van der Waals surface area (Å²) in [6.45, 7) is 3.37. The van der Waals surface area contributed by atoms with Gasteiger partial charge in [-0.1, -0.05) is 31.4 Å². The van der Waals surface area contributed by atoms with Crippen LogP contribution in [0.5, 0.6) is 0 Å². The lowest BCUT2D eigenvalue weighted by Crippen LogP contribution is -2.21. The zero-order valence-corrected chi connectivity index (χ0v) is 10.5. The number of anilines is 1. The second kappa shape index (κ2) is 5.53. The smallest absolute Gasteiger partial charge is 0.0716 e. The fraction of sp³-hybridized carbons (Fsp3) is 0.615. The molecule has 0 saturated heterocycles. The number of nitrogens with one attached hydrogen (secondary N) is 1. The van der Waals surface area contributed by atoms with Crippen molar-refractivity contribution in [3.05, 3.63) is 23.5 Å². The van der Waals surface area contributed by atoms with Crippen molar-refractivity contribution in [2.75, 3.05) is 11.9 Å². The summed E-state index contributed by atoms with van der Waals surface area (Å²) in [7, 11) is 0. The second-order valence-corrected chi connectivity index (χ2v) is 5.28. The number of rotatable bonds is 3. The van der Waals surface area contributed by atoms with Crippen LogP contribution in [0.1, 0.15) is 32.6 Å². The van der Waals surface area contributed by atoms with Gasteiger partial charge >= 0.3 is 0 Å². The van der Waals surface area contributed by atoms with Gasteiger partial charge in [-0.2, -0.15) is 0 Å². The largest absolute Gasteiger partial charge is 0.382 e. The number of nitrogens with zero attached hydrogens (tertiary/aromatic N) is 1. The van der Waals surface area contributed by atoms with Gasteiger partial charge in [-0.05, 0) is 30.7 Å². The van der Waals surface area contributed by atoms with Crippen LogP contribution in [0.15, 0.2) is 18.5 Å². The Hall–Kier alpha value is -0.760. The molecule has 1 N–H and O–H groups in total. The molecule has 1 aromatic rings. The summed E-state index contributed by atoms with van der Waals surface area (Å²) in [4.78, 5) is 4.08. The first-order valence-corrected chi connectivity index (χ1v) is 6.47. The molecule has 2 atom stereocenters. The summed E-state index contributed by atoms with van der Waals surface area (Å²) in [5, 5.41) is 4.17. The van der Waals surface area contributed by atoms with Gasteiger partial charge in [-0.15, -0.1) is 0 Å². The van der Waals surface area contributed by atoms with Crippen LogP contribution >= 0.6 is 11.6 Å². The van der Waals surface area contributed by atoms with Gasteiger partial charge in [0.15, 0.2) is 0 Å². The molecule has 2 unspecified atom stereocenters. The summed E-state index contributed by atoms with van der Waals surface area (Å²) in [5.74, 6) is 1.67. The van der Waals surface area contributed by atoms with Crippen molar-refractivity contribution in [3.8, 4) is 0 Å². The van der Waals surface area contributed by atoms with Crippen LogP contribution in [0.25, 0.3) is 0 Å². The van der Waals surface area contributed by atoms with Gasteiger partial charge in [0.05, 0.1) is 16.9 Å². The summed E-state index contributed by atoms with van der Waals surface area (Å²) in [6.07, 6.45) is 8.96. The monoisotopic (exact) mass is 238 g/mol. The molecule has 2 nitrogen and oxygen atoms in total. The Morgan fingerprint density at radius 1 is 1.50 bits per heavy atom. The van der Waals surface area contributed by atoms with E-state index in [1.165, 1.54) is 25.7 Å². The molecule has 0 aromatic carbocycles. The minimum atomic E-state index is 0.763. The third-order valence-corrected chi connectivity index (χ3v) is 3.72. The predicted molar refractivity (Wildman–Crippen MR) is 68.9 cm³/mol. The lowest BCUT2D eigenvalue weighted by atomic mass is 9.82. The van der Waals surface area contributed by atoms with Crippen LogP contribution in [-0.4, -0.2) is 11.5 Å². The van der Waals surface area contributed by atoms with E-state index in [4.69, 9.17) is 11.6 Å². The van der Waals surface area contributed by atoms with Gasteiger partial charge in [0.1, 0.15) is 0 Å². The Labute approximate surface area is 102 Å². The third-order valence-electron chi connectivity index (χ3n) is 3.39. The van der Waals surface area contributed by atoms with Crippen LogP contribution in [0.4, 0.5) is 5.69 Å². The average molecular weight is 239 g/mol. The molecule has 0 spiro atoms. The first kappa shape index (κ1) is 11.7. The van der Waals surface area contributed by atoms with E-state index in [-0.39, 0.29) is 0 Å². The van der Waals surface area contributed by atoms with E-state index in [0.29, 0.717) is 0 Å². The molecule has 16 heavy (non-hydrogen) atoms. The first-order chi connectivity index (χ1) is 7.75. The highest BCUT2D eigenvalue weighted by Gasteiger charge is 2.18. The maximum Gasteiger partial charge on any atom is 0.0716 e. The van der Waals surface area contributed by atoms with E-state index in [1.54, 1.807) is 12.4 Å². The number of pyridine rings is 1. The van der Waals surface area contributed by atoms with E-state index < -0.39 is 0 Å². The zero-order chi connectivity index (χ0) is 11.4. The second-order valence-electron chi connectivity index (χ2n) is 4.87. The Bertz CT molecular complexity index is 340. The van der Waals surface area contributed by atoms with E-state index in [2.05, 4.69) is 17.2 Å². The maximum absolute atomic E-state index is 6.07. The molecule has 0 aliphatic heterocycles. The Morgan fingerprint density at radius 3 is 3.12 bits per heavy atom. The van der Waals surface area contributed by atoms with Crippen LogP contribution in [0, 0.1) is 11.8 Å². The zero-order valence-electron chi connectivity index (χ0n) is 9.75. The van der Waals surface area contributed by atoms with Crippen molar-refractivity contribution in [1.29, 1.82) is 0 Å². The first-order valence-electron chi connectivity index (χ1n) is 6.09. The topological polar surface area (TPSA) is 24.9 Å². The lowest BCUT2D eigenvalue weighted by Gasteiger charge is -2.27. The molecule has 0 amide bonds. The van der Waals surface area contributed by atoms with Gasteiger partial charge in [0.2, 0.25) is 0 Å². The van der Waals surface area contributed by atoms with Gasteiger partial charge < -0.3 is 5.32 Å². The molecule has 1 aliphatic carbocycles. The van der Waals surface area contributed by atoms with Gasteiger partial charge in [0, 0.05) is 12.7 Å². The minimum Gasteiger partial charge on any atom is -0.382 e. The van der Waals surface area contributed by atoms with Crippen molar-refractivity contribution < 1.29 is 0 Å². The van der Waals surface area contributed by atoms with Gasteiger partial charge in [-0.25, -0.2) is 0 Å². The molecule has 3 heteroatoms. The predicted octanol–water partition coefficient (Wildman–Crippen LogP) is 3.97. The van der Waals surface area contributed by atoms with Crippen molar-refractivity contribution in [1.82, 2.24) is 4.98 Å². The number of hydrogen-bond donors (Lipinski definition) is 1. The fourth-order valence-corrected chi connectivity index (χ4v) is 2.68. The number of hydrogen-bond acceptors (Lipinski definition) is 2. The molecule has 1 saturated carbocycles. The summed E-state index contributed by atoms with van der Waals surface area (Å²) in [6, 6.07) is 1.83. The molecular formula is C13H19ClN2. The van der Waals surface area contributed by atoms with Crippen molar-refractivity contribution in [2.24, 2.45) is 11.8 Å². The lowest BCUT2D eigenvalue weighted by molar-refractivity contribution is 0.293. The molecule has 1 aromatic heterocycles. The molecule has 0 bridgehead atoms. The highest BCUT2D eigenvalue weighted by atomic mass is 35.5. The van der Waals surface area contributed by atoms with Crippen LogP contribution < -0.4 is 5.32 Å². The van der Waals surface area contributed by atoms with Crippen LogP contribution in [-0.2, 0) is 0 Å². The van der Waals surface area contributed by atoms with Crippen LogP contribution in [0.3, 0.4) is 0 Å². The highest BCUT2D eigenvalue weighted by molar-refractivity contribution is 6.33. The summed E-state index contributed by atoms with van der Waals surface area (Å²) < 4.78 is 0. The Kier molecular flexibility index (Phi) is 4.05. The third kappa shape index (κ3) is 3.11. The van der Waals surface area contributed by atoms with E-state index in [0.717, 1.165) is 29.1 Å². The van der Waals surface area contributed by atoms with Crippen molar-refractivity contribution in [3.63, 3.8) is 0 Å². The summed E-state index contributed by atoms with van der Waals surface area (Å²) in [5.41, 5.74) is 0.961. The molecule has 1 aliphatic rings. The minimum absolute atomic E-state index is 0.763.